The molecule has 0 aliphatic heterocycles. The van der Waals surface area contributed by atoms with Gasteiger partial charge in [-0.3, -0.25) is 4.98 Å². The third-order valence-electron chi connectivity index (χ3n) is 2.64. The van der Waals surface area contributed by atoms with Crippen LogP contribution in [0, 0.1) is 0 Å². The van der Waals surface area contributed by atoms with Crippen LogP contribution in [-0.2, 0) is 0 Å². The lowest BCUT2D eigenvalue weighted by molar-refractivity contribution is 0.656. The van der Waals surface area contributed by atoms with E-state index in [0.29, 0.717) is 0 Å². The standard InChI is InChI=1S/C16H17BrN2/c1-16(2,18)10-15(13-4-3-9-19-11-13)12-5-7-14(17)8-6-12/h3-11H,18H2,1-2H3. The second kappa shape index (κ2) is 5.68. The molecule has 1 aromatic heterocycles. The number of benzene rings is 1. The Hall–Kier alpha value is -1.45. The van der Waals surface area contributed by atoms with Crippen molar-refractivity contribution in [1.82, 2.24) is 4.98 Å². The summed E-state index contributed by atoms with van der Waals surface area (Å²) in [4.78, 5) is 4.19. The van der Waals surface area contributed by atoms with Crippen LogP contribution in [0.5, 0.6) is 0 Å². The molecule has 0 aliphatic carbocycles. The maximum absolute atomic E-state index is 6.13. The molecule has 0 bridgehead atoms. The average Bonchev–Trinajstić information content (AvgIpc) is 2.37. The molecule has 2 N–H and O–H groups in total. The van der Waals surface area contributed by atoms with E-state index in [1.807, 2.05) is 44.3 Å². The SMILES string of the molecule is CC(C)(N)C=C(c1ccc(Br)cc1)c1cccnc1. The molecule has 2 nitrogen and oxygen atoms in total. The number of nitrogens with zero attached hydrogens (tertiary/aromatic N) is 1. The second-order valence-corrected chi connectivity index (χ2v) is 6.04. The second-order valence-electron chi connectivity index (χ2n) is 5.13. The summed E-state index contributed by atoms with van der Waals surface area (Å²) < 4.78 is 1.06. The molecular formula is C16H17BrN2. The van der Waals surface area contributed by atoms with Gasteiger partial charge in [-0.1, -0.05) is 40.2 Å². The van der Waals surface area contributed by atoms with Crippen LogP contribution in [0.2, 0.25) is 0 Å². The normalized spacial score (nSPS) is 12.5. The Balaban J connectivity index is 2.53. The van der Waals surface area contributed by atoms with Crippen LogP contribution in [0.25, 0.3) is 5.57 Å². The van der Waals surface area contributed by atoms with E-state index in [1.165, 1.54) is 0 Å². The van der Waals surface area contributed by atoms with E-state index in [-0.39, 0.29) is 5.54 Å². The van der Waals surface area contributed by atoms with E-state index in [0.717, 1.165) is 21.2 Å². The first-order valence-electron chi connectivity index (χ1n) is 6.14. The molecule has 0 unspecified atom stereocenters. The Labute approximate surface area is 122 Å². The largest absolute Gasteiger partial charge is 0.322 e. The average molecular weight is 317 g/mol. The molecule has 0 fully saturated rings. The van der Waals surface area contributed by atoms with Gasteiger partial charge in [0.05, 0.1) is 0 Å². The van der Waals surface area contributed by atoms with E-state index >= 15 is 0 Å². The van der Waals surface area contributed by atoms with Gasteiger partial charge in [-0.15, -0.1) is 0 Å². The van der Waals surface area contributed by atoms with Crippen LogP contribution in [0.1, 0.15) is 25.0 Å². The Kier molecular flexibility index (Phi) is 4.17. The number of halogens is 1. The van der Waals surface area contributed by atoms with Gasteiger partial charge in [0.1, 0.15) is 0 Å². The van der Waals surface area contributed by atoms with Crippen LogP contribution in [-0.4, -0.2) is 10.5 Å². The predicted octanol–water partition coefficient (Wildman–Crippen LogP) is 4.01. The van der Waals surface area contributed by atoms with Gasteiger partial charge in [0.15, 0.2) is 0 Å². The molecule has 2 aromatic rings. The van der Waals surface area contributed by atoms with Gasteiger partial charge in [0.2, 0.25) is 0 Å². The van der Waals surface area contributed by atoms with Crippen molar-refractivity contribution in [1.29, 1.82) is 0 Å². The smallest absolute Gasteiger partial charge is 0.0346 e. The predicted molar refractivity (Wildman–Crippen MR) is 83.7 cm³/mol. The minimum atomic E-state index is -0.377. The third-order valence-corrected chi connectivity index (χ3v) is 3.17. The maximum Gasteiger partial charge on any atom is 0.0346 e. The summed E-state index contributed by atoms with van der Waals surface area (Å²) >= 11 is 3.46. The minimum absolute atomic E-state index is 0.377. The van der Waals surface area contributed by atoms with Gasteiger partial charge >= 0.3 is 0 Å². The van der Waals surface area contributed by atoms with Crippen molar-refractivity contribution in [3.05, 3.63) is 70.5 Å². The molecule has 2 rings (SSSR count). The van der Waals surface area contributed by atoms with Crippen molar-refractivity contribution in [2.45, 2.75) is 19.4 Å². The molecule has 0 atom stereocenters. The van der Waals surface area contributed by atoms with Crippen molar-refractivity contribution < 1.29 is 0 Å². The first kappa shape index (κ1) is 14.0. The number of rotatable bonds is 3. The Bertz CT molecular complexity index is 566. The summed E-state index contributed by atoms with van der Waals surface area (Å²) in [6, 6.07) is 12.2. The van der Waals surface area contributed by atoms with Gasteiger partial charge in [0, 0.05) is 28.0 Å². The van der Waals surface area contributed by atoms with E-state index in [9.17, 15) is 0 Å². The number of nitrogens with two attached hydrogens (primary N) is 1. The Morgan fingerprint density at radius 1 is 1.16 bits per heavy atom. The zero-order chi connectivity index (χ0) is 13.9. The molecule has 0 saturated carbocycles. The van der Waals surface area contributed by atoms with Crippen molar-refractivity contribution in [3.63, 3.8) is 0 Å². The zero-order valence-electron chi connectivity index (χ0n) is 11.1. The first-order valence-corrected chi connectivity index (χ1v) is 6.93. The van der Waals surface area contributed by atoms with Gasteiger partial charge in [-0.25, -0.2) is 0 Å². The lowest BCUT2D eigenvalue weighted by atomic mass is 9.93. The molecular weight excluding hydrogens is 300 g/mol. The zero-order valence-corrected chi connectivity index (χ0v) is 12.7. The number of aromatic nitrogens is 1. The van der Waals surface area contributed by atoms with Crippen LogP contribution in [0.15, 0.2) is 59.3 Å². The molecule has 0 amide bonds. The molecule has 1 heterocycles. The molecule has 1 aromatic carbocycles. The highest BCUT2D eigenvalue weighted by atomic mass is 79.9. The summed E-state index contributed by atoms with van der Waals surface area (Å²) in [6.07, 6.45) is 5.71. The number of hydrogen-bond donors (Lipinski definition) is 1. The summed E-state index contributed by atoms with van der Waals surface area (Å²) in [5.41, 5.74) is 9.07. The van der Waals surface area contributed by atoms with Gasteiger partial charge in [-0.05, 0) is 43.2 Å². The molecule has 0 radical (unpaired) electrons. The highest BCUT2D eigenvalue weighted by Gasteiger charge is 2.12. The molecule has 3 heteroatoms. The van der Waals surface area contributed by atoms with E-state index in [2.05, 4.69) is 39.1 Å². The molecule has 0 spiro atoms. The highest BCUT2D eigenvalue weighted by molar-refractivity contribution is 9.10. The molecule has 0 aliphatic rings. The van der Waals surface area contributed by atoms with Crippen LogP contribution in [0.4, 0.5) is 0 Å². The Morgan fingerprint density at radius 2 is 1.84 bits per heavy atom. The van der Waals surface area contributed by atoms with Gasteiger partial charge in [0.25, 0.3) is 0 Å². The van der Waals surface area contributed by atoms with Crippen LogP contribution in [0.3, 0.4) is 0 Å². The van der Waals surface area contributed by atoms with Crippen LogP contribution >= 0.6 is 15.9 Å². The highest BCUT2D eigenvalue weighted by Crippen LogP contribution is 2.26. The summed E-state index contributed by atoms with van der Waals surface area (Å²) in [6.45, 7) is 3.98. The topological polar surface area (TPSA) is 38.9 Å². The quantitative estimate of drug-likeness (QED) is 0.929. The Morgan fingerprint density at radius 3 is 2.37 bits per heavy atom. The fourth-order valence-electron chi connectivity index (χ4n) is 1.86. The van der Waals surface area contributed by atoms with E-state index < -0.39 is 0 Å². The monoisotopic (exact) mass is 316 g/mol. The third kappa shape index (κ3) is 4.01. The lowest BCUT2D eigenvalue weighted by Gasteiger charge is -2.17. The lowest BCUT2D eigenvalue weighted by Crippen LogP contribution is -2.29. The van der Waals surface area contributed by atoms with Crippen LogP contribution < -0.4 is 5.73 Å². The molecule has 98 valence electrons. The van der Waals surface area contributed by atoms with Crippen molar-refractivity contribution >= 4 is 21.5 Å². The molecule has 19 heavy (non-hydrogen) atoms. The van der Waals surface area contributed by atoms with E-state index in [1.54, 1.807) is 6.20 Å². The molecule has 0 saturated heterocycles. The van der Waals surface area contributed by atoms with Crippen molar-refractivity contribution in [2.75, 3.05) is 0 Å². The number of hydrogen-bond acceptors (Lipinski definition) is 2. The summed E-state index contributed by atoms with van der Waals surface area (Å²) in [7, 11) is 0. The van der Waals surface area contributed by atoms with Crippen molar-refractivity contribution in [2.24, 2.45) is 5.73 Å². The fourth-order valence-corrected chi connectivity index (χ4v) is 2.12. The minimum Gasteiger partial charge on any atom is -0.322 e. The summed E-state index contributed by atoms with van der Waals surface area (Å²) in [5, 5.41) is 0. The van der Waals surface area contributed by atoms with Crippen molar-refractivity contribution in [3.8, 4) is 0 Å². The van der Waals surface area contributed by atoms with Gasteiger partial charge in [-0.2, -0.15) is 0 Å². The van der Waals surface area contributed by atoms with E-state index in [4.69, 9.17) is 5.73 Å². The number of pyridine rings is 1. The van der Waals surface area contributed by atoms with Gasteiger partial charge < -0.3 is 5.73 Å². The summed E-state index contributed by atoms with van der Waals surface area (Å²) in [5.74, 6) is 0. The first-order chi connectivity index (χ1) is 8.96. The maximum atomic E-state index is 6.13. The fraction of sp³-hybridized carbons (Fsp3) is 0.188.